The third-order valence-electron chi connectivity index (χ3n) is 7.61. The Morgan fingerprint density at radius 2 is 1.31 bits per heavy atom. The van der Waals surface area contributed by atoms with Gasteiger partial charge in [0.25, 0.3) is 0 Å². The molecule has 0 bridgehead atoms. The predicted octanol–water partition coefficient (Wildman–Crippen LogP) is 0.172. The number of ether oxygens (including phenoxy) is 2. The third-order valence-corrected chi connectivity index (χ3v) is 10.0. The number of nitrogens with zero attached hydrogens (tertiary/aromatic N) is 1. The number of carbonyl (C=O) groups is 6. The Balaban J connectivity index is 0.00000552. The molecule has 242 valence electrons. The zero-order valence-corrected chi connectivity index (χ0v) is 27.6. The molecule has 15 heteroatoms. The van der Waals surface area contributed by atoms with Crippen molar-refractivity contribution in [1.29, 1.82) is 0 Å². The van der Waals surface area contributed by atoms with Crippen LogP contribution in [0, 0.1) is 63.2 Å². The van der Waals surface area contributed by atoms with Crippen molar-refractivity contribution in [3.63, 3.8) is 0 Å². The number of nitrogens with one attached hydrogen (secondary N) is 3. The van der Waals surface area contributed by atoms with Crippen molar-refractivity contribution in [2.24, 2.45) is 0 Å². The first-order chi connectivity index (χ1) is 21.2. The van der Waals surface area contributed by atoms with Crippen LogP contribution in [0.2, 0.25) is 0 Å². The van der Waals surface area contributed by atoms with Crippen molar-refractivity contribution in [1.82, 2.24) is 20.9 Å². The van der Waals surface area contributed by atoms with Crippen LogP contribution in [0.15, 0.2) is 0 Å². The Morgan fingerprint density at radius 3 is 1.87 bits per heavy atom. The monoisotopic (exact) mass is 700 g/mol. The summed E-state index contributed by atoms with van der Waals surface area (Å²) >= 11 is 0. The molecule has 4 aliphatic rings. The van der Waals surface area contributed by atoms with Crippen LogP contribution in [0.4, 0.5) is 0 Å². The molecule has 4 rings (SSSR count). The van der Waals surface area contributed by atoms with E-state index in [1.807, 2.05) is 0 Å². The molecule has 2 saturated carbocycles. The largest absolute Gasteiger partial charge is 2.00 e. The fraction of sp³-hybridized carbons (Fsp3) is 0.467. The number of rotatable bonds is 14. The molecule has 0 aromatic heterocycles. The molecular weight excluding hydrogens is 664 g/mol. The first kappa shape index (κ1) is 37.7. The van der Waals surface area contributed by atoms with Crippen LogP contribution in [0.25, 0.3) is 0 Å². The Bertz CT molecular complexity index is 1070. The molecular formula is C30H36FeN4O8S2+2. The van der Waals surface area contributed by atoms with Crippen LogP contribution in [-0.2, 0) is 55.3 Å². The SMILES string of the molecule is COC(=O)[C@H](CSSC[C@H](NC(=O)[C@@H]1CCCN1C(=O)[C]1[CH][CH][CH][CH]1)C(=O)OC)NC(=O)[C@@H]1CCC(C(=O)[C]2[CH][CH][CH][CH]2)N1.[Fe+2]. The van der Waals surface area contributed by atoms with Crippen LogP contribution in [0.1, 0.15) is 25.7 Å². The molecule has 0 aromatic carbocycles. The fourth-order valence-electron chi connectivity index (χ4n) is 5.25. The molecule has 2 heterocycles. The van der Waals surface area contributed by atoms with E-state index in [1.54, 1.807) is 51.4 Å². The van der Waals surface area contributed by atoms with Gasteiger partial charge in [-0.2, -0.15) is 0 Å². The summed E-state index contributed by atoms with van der Waals surface area (Å²) in [7, 11) is 4.87. The van der Waals surface area contributed by atoms with Gasteiger partial charge in [0.15, 0.2) is 5.78 Å². The molecule has 0 spiro atoms. The number of likely N-dealkylation sites (tertiary alicyclic amines) is 1. The second kappa shape index (κ2) is 18.5. The Labute approximate surface area is 283 Å². The van der Waals surface area contributed by atoms with Crippen molar-refractivity contribution in [3.05, 3.63) is 63.2 Å². The zero-order chi connectivity index (χ0) is 31.6. The van der Waals surface area contributed by atoms with Crippen molar-refractivity contribution in [3.8, 4) is 0 Å². The third kappa shape index (κ3) is 10.1. The summed E-state index contributed by atoms with van der Waals surface area (Å²) in [4.78, 5) is 78.0. The van der Waals surface area contributed by atoms with Gasteiger partial charge >= 0.3 is 29.0 Å². The number of carbonyl (C=O) groups excluding carboxylic acids is 6. The van der Waals surface area contributed by atoms with Crippen molar-refractivity contribution < 1.29 is 55.3 Å². The van der Waals surface area contributed by atoms with E-state index in [4.69, 9.17) is 9.47 Å². The van der Waals surface area contributed by atoms with Crippen molar-refractivity contribution >= 4 is 57.0 Å². The van der Waals surface area contributed by atoms with Crippen molar-refractivity contribution in [2.75, 3.05) is 32.3 Å². The molecule has 2 saturated heterocycles. The number of Topliss-reactive ketones (excluding diaryl/α,β-unsaturated/α-hetero) is 1. The maximum atomic E-state index is 13.1. The maximum Gasteiger partial charge on any atom is 2.00 e. The first-order valence-electron chi connectivity index (χ1n) is 14.3. The number of ketones is 1. The van der Waals surface area contributed by atoms with Crippen LogP contribution in [-0.4, -0.2) is 103 Å². The average Bonchev–Trinajstić information content (AvgIpc) is 3.87. The van der Waals surface area contributed by atoms with Crippen LogP contribution >= 0.6 is 21.6 Å². The Hall–Kier alpha value is -1.80. The minimum atomic E-state index is -0.993. The quantitative estimate of drug-likeness (QED) is 0.0982. The van der Waals surface area contributed by atoms with Gasteiger partial charge in [-0.05, 0) is 77.0 Å². The van der Waals surface area contributed by atoms with E-state index >= 15 is 0 Å². The summed E-state index contributed by atoms with van der Waals surface area (Å²) < 4.78 is 9.75. The van der Waals surface area contributed by atoms with Crippen LogP contribution in [0.5, 0.6) is 0 Å². The normalized spacial score (nSPS) is 24.8. The van der Waals surface area contributed by atoms with Gasteiger partial charge in [-0.3, -0.25) is 24.5 Å². The number of hydrogen-bond donors (Lipinski definition) is 3. The van der Waals surface area contributed by atoms with E-state index in [1.165, 1.54) is 40.7 Å². The summed E-state index contributed by atoms with van der Waals surface area (Å²) in [5.41, 5.74) is 0. The van der Waals surface area contributed by atoms with Crippen molar-refractivity contribution in [2.45, 2.75) is 55.9 Å². The number of esters is 2. The van der Waals surface area contributed by atoms with Crippen LogP contribution in [0.3, 0.4) is 0 Å². The number of hydrogen-bond acceptors (Lipinski definition) is 11. The molecule has 2 aliphatic heterocycles. The molecule has 5 atom stereocenters. The Morgan fingerprint density at radius 1 is 0.800 bits per heavy atom. The fourth-order valence-corrected chi connectivity index (χ4v) is 7.55. The van der Waals surface area contributed by atoms with Gasteiger partial charge in [-0.25, -0.2) is 9.59 Å². The molecule has 1 unspecified atom stereocenters. The van der Waals surface area contributed by atoms with Gasteiger partial charge in [0.1, 0.15) is 18.1 Å². The molecule has 0 aromatic rings. The maximum absolute atomic E-state index is 13.1. The first-order valence-corrected chi connectivity index (χ1v) is 16.8. The number of amides is 3. The average molecular weight is 701 g/mol. The molecule has 4 fully saturated rings. The zero-order valence-electron chi connectivity index (χ0n) is 24.8. The van der Waals surface area contributed by atoms with Gasteiger partial charge in [0.2, 0.25) is 17.7 Å². The molecule has 3 N–H and O–H groups in total. The standard InChI is InChI=1S/C30H36N4O8S2.Fe/c1-41-29(39)22(32-26(36)21-14-13-20(31-21)25(35)18-8-3-4-9-18)16-43-44-17-23(30(40)42-2)33-27(37)24-12-7-15-34(24)28(38)19-10-5-6-11-19;/h3-6,8-11,20-24,31H,7,12-17H2,1-2H3,(H,32,36)(H,33,37);/q;+2/t20?,21-,22-,23-,24-;/m0./s1. The van der Waals surface area contributed by atoms with Gasteiger partial charge in [0.05, 0.1) is 38.1 Å². The van der Waals surface area contributed by atoms with E-state index in [-0.39, 0.29) is 40.3 Å². The van der Waals surface area contributed by atoms with E-state index in [2.05, 4.69) is 16.0 Å². The summed E-state index contributed by atoms with van der Waals surface area (Å²) in [5, 5.41) is 8.48. The second-order valence-electron chi connectivity index (χ2n) is 10.5. The molecule has 2 aliphatic carbocycles. The molecule has 45 heavy (non-hydrogen) atoms. The predicted molar refractivity (Wildman–Crippen MR) is 163 cm³/mol. The van der Waals surface area contributed by atoms with Crippen LogP contribution < -0.4 is 16.0 Å². The second-order valence-corrected chi connectivity index (χ2v) is 13.0. The summed E-state index contributed by atoms with van der Waals surface area (Å²) in [5.74, 6) is -1.13. The molecule has 10 radical (unpaired) electrons. The summed E-state index contributed by atoms with van der Waals surface area (Å²) in [6.45, 7) is 0.442. The molecule has 12 nitrogen and oxygen atoms in total. The van der Waals surface area contributed by atoms with E-state index in [0.717, 1.165) is 0 Å². The number of methoxy groups -OCH3 is 2. The Kier molecular flexibility index (Phi) is 15.5. The summed E-state index contributed by atoms with van der Waals surface area (Å²) in [6, 6.07) is -3.79. The van der Waals surface area contributed by atoms with E-state index < -0.39 is 54.0 Å². The topological polar surface area (TPSA) is 160 Å². The van der Waals surface area contributed by atoms with Gasteiger partial charge in [-0.15, -0.1) is 0 Å². The smallest absolute Gasteiger partial charge is 0.467 e. The minimum absolute atomic E-state index is 0. The van der Waals surface area contributed by atoms with Gasteiger partial charge in [-0.1, -0.05) is 21.6 Å². The van der Waals surface area contributed by atoms with E-state index in [0.29, 0.717) is 44.1 Å². The van der Waals surface area contributed by atoms with Gasteiger partial charge in [0, 0.05) is 18.1 Å². The van der Waals surface area contributed by atoms with E-state index in [9.17, 15) is 28.8 Å². The van der Waals surface area contributed by atoms with Gasteiger partial charge < -0.3 is 25.0 Å². The summed E-state index contributed by atoms with van der Waals surface area (Å²) in [6.07, 6.45) is 16.0. The molecule has 3 amide bonds. The minimum Gasteiger partial charge on any atom is -0.467 e.